The molecule has 0 saturated heterocycles. The summed E-state index contributed by atoms with van der Waals surface area (Å²) in [5.41, 5.74) is -0.252. The standard InChI is InChI=1S/C11H13N5O3/c1-3-13-11(17)7(2)15-10-8(5-12)4-9(6-14-10)16(18)19/h4,6-7H,3H2,1-2H3,(H,13,17)(H,14,15). The number of carbonyl (C=O) groups is 1. The van der Waals surface area contributed by atoms with Gasteiger partial charge in [-0.1, -0.05) is 0 Å². The molecule has 0 aliphatic heterocycles. The van der Waals surface area contributed by atoms with Gasteiger partial charge in [-0.05, 0) is 13.8 Å². The van der Waals surface area contributed by atoms with E-state index in [9.17, 15) is 14.9 Å². The summed E-state index contributed by atoms with van der Waals surface area (Å²) in [4.78, 5) is 25.3. The summed E-state index contributed by atoms with van der Waals surface area (Å²) in [5, 5.41) is 24.9. The van der Waals surface area contributed by atoms with Crippen molar-refractivity contribution in [1.29, 1.82) is 5.26 Å². The smallest absolute Gasteiger partial charge is 0.289 e. The number of hydrogen-bond donors (Lipinski definition) is 2. The summed E-state index contributed by atoms with van der Waals surface area (Å²) in [7, 11) is 0. The predicted molar refractivity (Wildman–Crippen MR) is 67.4 cm³/mol. The molecule has 0 fully saturated rings. The Labute approximate surface area is 109 Å². The number of amides is 1. The zero-order valence-corrected chi connectivity index (χ0v) is 10.5. The van der Waals surface area contributed by atoms with Crippen LogP contribution in [0.2, 0.25) is 0 Å². The number of anilines is 1. The Morgan fingerprint density at radius 2 is 2.37 bits per heavy atom. The predicted octanol–water partition coefficient (Wildman–Crippen LogP) is 0.798. The third-order valence-corrected chi connectivity index (χ3v) is 2.30. The zero-order valence-electron chi connectivity index (χ0n) is 10.5. The third kappa shape index (κ3) is 3.64. The summed E-state index contributed by atoms with van der Waals surface area (Å²) < 4.78 is 0. The molecule has 2 N–H and O–H groups in total. The van der Waals surface area contributed by atoms with E-state index in [0.29, 0.717) is 6.54 Å². The average Bonchev–Trinajstić information content (AvgIpc) is 2.39. The van der Waals surface area contributed by atoms with Gasteiger partial charge in [0.05, 0.1) is 4.92 Å². The van der Waals surface area contributed by atoms with E-state index in [2.05, 4.69) is 15.6 Å². The van der Waals surface area contributed by atoms with Crippen molar-refractivity contribution in [2.75, 3.05) is 11.9 Å². The quantitative estimate of drug-likeness (QED) is 0.598. The highest BCUT2D eigenvalue weighted by molar-refractivity contribution is 5.84. The van der Waals surface area contributed by atoms with E-state index in [4.69, 9.17) is 5.26 Å². The van der Waals surface area contributed by atoms with E-state index in [0.717, 1.165) is 12.3 Å². The van der Waals surface area contributed by atoms with Crippen LogP contribution in [0.1, 0.15) is 19.4 Å². The Balaban J connectivity index is 2.93. The van der Waals surface area contributed by atoms with Gasteiger partial charge in [-0.15, -0.1) is 0 Å². The number of carbonyl (C=O) groups excluding carboxylic acids is 1. The fourth-order valence-corrected chi connectivity index (χ4v) is 1.35. The van der Waals surface area contributed by atoms with Crippen molar-refractivity contribution in [2.24, 2.45) is 0 Å². The van der Waals surface area contributed by atoms with Gasteiger partial charge in [-0.3, -0.25) is 14.9 Å². The highest BCUT2D eigenvalue weighted by Gasteiger charge is 2.17. The number of hydrogen-bond acceptors (Lipinski definition) is 6. The lowest BCUT2D eigenvalue weighted by atomic mass is 10.2. The molecule has 8 heteroatoms. The molecule has 0 aliphatic rings. The van der Waals surface area contributed by atoms with Gasteiger partial charge in [0.1, 0.15) is 29.7 Å². The van der Waals surface area contributed by atoms with Crippen molar-refractivity contribution in [3.05, 3.63) is 27.9 Å². The van der Waals surface area contributed by atoms with E-state index in [1.165, 1.54) is 0 Å². The van der Waals surface area contributed by atoms with Crippen molar-refractivity contribution in [3.8, 4) is 6.07 Å². The molecular weight excluding hydrogens is 250 g/mol. The molecule has 0 aromatic carbocycles. The normalized spacial score (nSPS) is 11.2. The van der Waals surface area contributed by atoms with Gasteiger partial charge in [0.25, 0.3) is 5.69 Å². The number of nitrogens with one attached hydrogen (secondary N) is 2. The fraction of sp³-hybridized carbons (Fsp3) is 0.364. The molecule has 1 aromatic heterocycles. The third-order valence-electron chi connectivity index (χ3n) is 2.30. The van der Waals surface area contributed by atoms with Crippen LogP contribution in [0.5, 0.6) is 0 Å². The van der Waals surface area contributed by atoms with Crippen molar-refractivity contribution >= 4 is 17.4 Å². The summed E-state index contributed by atoms with van der Waals surface area (Å²) in [6.07, 6.45) is 1.04. The van der Waals surface area contributed by atoms with Crippen LogP contribution in [0, 0.1) is 21.4 Å². The van der Waals surface area contributed by atoms with Crippen LogP contribution in [0.15, 0.2) is 12.3 Å². The van der Waals surface area contributed by atoms with Crippen LogP contribution >= 0.6 is 0 Å². The van der Waals surface area contributed by atoms with Crippen LogP contribution < -0.4 is 10.6 Å². The maximum atomic E-state index is 11.5. The second-order valence-electron chi connectivity index (χ2n) is 3.72. The van der Waals surface area contributed by atoms with Gasteiger partial charge < -0.3 is 10.6 Å². The molecule has 0 bridgehead atoms. The first kappa shape index (κ1) is 14.4. The number of pyridine rings is 1. The first-order chi connectivity index (χ1) is 8.99. The second-order valence-corrected chi connectivity index (χ2v) is 3.72. The zero-order chi connectivity index (χ0) is 14.4. The van der Waals surface area contributed by atoms with Gasteiger partial charge >= 0.3 is 0 Å². The minimum Gasteiger partial charge on any atom is -0.358 e. The Hall–Kier alpha value is -2.69. The van der Waals surface area contributed by atoms with Crippen LogP contribution in [-0.4, -0.2) is 28.4 Å². The number of nitrogens with zero attached hydrogens (tertiary/aromatic N) is 3. The van der Waals surface area contributed by atoms with Gasteiger partial charge in [-0.2, -0.15) is 5.26 Å². The summed E-state index contributed by atoms with van der Waals surface area (Å²) in [6.45, 7) is 3.88. The van der Waals surface area contributed by atoms with Gasteiger partial charge in [0.15, 0.2) is 0 Å². The number of likely N-dealkylation sites (N-methyl/N-ethyl adjacent to an activating group) is 1. The fourth-order valence-electron chi connectivity index (χ4n) is 1.35. The van der Waals surface area contributed by atoms with Crippen LogP contribution in [0.4, 0.5) is 11.5 Å². The molecule has 0 spiro atoms. The van der Waals surface area contributed by atoms with Gasteiger partial charge in [0.2, 0.25) is 5.91 Å². The van der Waals surface area contributed by atoms with E-state index in [1.54, 1.807) is 19.9 Å². The van der Waals surface area contributed by atoms with Crippen LogP contribution in [-0.2, 0) is 4.79 Å². The molecule has 1 heterocycles. The maximum Gasteiger partial charge on any atom is 0.289 e. The average molecular weight is 263 g/mol. The lowest BCUT2D eigenvalue weighted by molar-refractivity contribution is -0.385. The minimum atomic E-state index is -0.634. The molecule has 1 unspecified atom stereocenters. The number of nitro groups is 1. The Morgan fingerprint density at radius 1 is 1.68 bits per heavy atom. The lowest BCUT2D eigenvalue weighted by Gasteiger charge is -2.14. The molecule has 0 aliphatic carbocycles. The lowest BCUT2D eigenvalue weighted by Crippen LogP contribution is -2.37. The monoisotopic (exact) mass is 263 g/mol. The summed E-state index contributed by atoms with van der Waals surface area (Å²) in [5.74, 6) is -0.0987. The Kier molecular flexibility index (Phi) is 4.76. The van der Waals surface area contributed by atoms with Crippen molar-refractivity contribution < 1.29 is 9.72 Å². The molecule has 100 valence electrons. The number of rotatable bonds is 5. The van der Waals surface area contributed by atoms with Crippen molar-refractivity contribution in [1.82, 2.24) is 10.3 Å². The van der Waals surface area contributed by atoms with Crippen molar-refractivity contribution in [3.63, 3.8) is 0 Å². The van der Waals surface area contributed by atoms with E-state index < -0.39 is 11.0 Å². The molecular formula is C11H13N5O3. The molecule has 19 heavy (non-hydrogen) atoms. The van der Waals surface area contributed by atoms with Crippen molar-refractivity contribution in [2.45, 2.75) is 19.9 Å². The number of aromatic nitrogens is 1. The summed E-state index contributed by atoms with van der Waals surface area (Å²) >= 11 is 0. The maximum absolute atomic E-state index is 11.5. The molecule has 8 nitrogen and oxygen atoms in total. The van der Waals surface area contributed by atoms with E-state index in [-0.39, 0.29) is 23.0 Å². The molecule has 1 aromatic rings. The highest BCUT2D eigenvalue weighted by Crippen LogP contribution is 2.18. The second kappa shape index (κ2) is 6.30. The van der Waals surface area contributed by atoms with Gasteiger partial charge in [-0.25, -0.2) is 4.98 Å². The van der Waals surface area contributed by atoms with Gasteiger partial charge in [0, 0.05) is 12.6 Å². The van der Waals surface area contributed by atoms with E-state index >= 15 is 0 Å². The molecule has 1 rings (SSSR count). The molecule has 0 saturated carbocycles. The first-order valence-corrected chi connectivity index (χ1v) is 5.58. The Morgan fingerprint density at radius 3 is 2.89 bits per heavy atom. The molecule has 0 radical (unpaired) electrons. The minimum absolute atomic E-state index is 0.0188. The molecule has 1 atom stereocenters. The van der Waals surface area contributed by atoms with E-state index in [1.807, 2.05) is 0 Å². The largest absolute Gasteiger partial charge is 0.358 e. The van der Waals surface area contributed by atoms with Crippen LogP contribution in [0.3, 0.4) is 0 Å². The topological polar surface area (TPSA) is 121 Å². The summed E-state index contributed by atoms with van der Waals surface area (Å²) in [6, 6.07) is 2.32. The first-order valence-electron chi connectivity index (χ1n) is 5.58. The Bertz CT molecular complexity index is 538. The SMILES string of the molecule is CCNC(=O)C(C)Nc1ncc([N+](=O)[O-])cc1C#N. The highest BCUT2D eigenvalue weighted by atomic mass is 16.6. The molecule has 1 amide bonds. The number of nitriles is 1. The van der Waals surface area contributed by atoms with Crippen LogP contribution in [0.25, 0.3) is 0 Å².